The third-order valence-corrected chi connectivity index (χ3v) is 9.27. The SMILES string of the molecule is O=Cc1cc2c(cc1-c1c(O)cccc1F)c(-c1ccc(N3CCN4CCOC[C@H]4C3)c(OCCCO)c1)nn2C1CCCCO1. The molecule has 4 aromatic rings. The summed E-state index contributed by atoms with van der Waals surface area (Å²) in [6.45, 7) is 5.99. The summed E-state index contributed by atoms with van der Waals surface area (Å²) in [5, 5.41) is 25.9. The minimum Gasteiger partial charge on any atom is -0.507 e. The van der Waals surface area contributed by atoms with Crippen LogP contribution in [0.4, 0.5) is 10.1 Å². The number of benzene rings is 3. The minimum atomic E-state index is -0.626. The molecule has 11 heteroatoms. The number of rotatable bonds is 9. The normalized spacial score (nSPS) is 20.5. The number of carbonyl (C=O) groups excluding carboxylic acids is 1. The highest BCUT2D eigenvalue weighted by Gasteiger charge is 2.31. The number of phenols is 1. The molecular formula is C35H39FN4O6. The molecule has 2 N–H and O–H groups in total. The van der Waals surface area contributed by atoms with Crippen LogP contribution >= 0.6 is 0 Å². The van der Waals surface area contributed by atoms with Crippen LogP contribution in [0.3, 0.4) is 0 Å². The third kappa shape index (κ3) is 5.84. The summed E-state index contributed by atoms with van der Waals surface area (Å²) in [4.78, 5) is 17.2. The number of carbonyl (C=O) groups is 1. The number of aromatic nitrogens is 2. The van der Waals surface area contributed by atoms with E-state index in [-0.39, 0.29) is 35.3 Å². The maximum absolute atomic E-state index is 15.1. The number of morpholine rings is 1. The first kappa shape index (κ1) is 30.6. The Morgan fingerprint density at radius 3 is 2.80 bits per heavy atom. The number of phenolic OH excluding ortho intramolecular Hbond substituents is 1. The predicted molar refractivity (Wildman–Crippen MR) is 172 cm³/mol. The monoisotopic (exact) mass is 630 g/mol. The van der Waals surface area contributed by atoms with Crippen LogP contribution < -0.4 is 9.64 Å². The topological polar surface area (TPSA) is 110 Å². The van der Waals surface area contributed by atoms with Gasteiger partial charge in [0.05, 0.1) is 42.6 Å². The van der Waals surface area contributed by atoms with E-state index in [1.165, 1.54) is 18.2 Å². The molecule has 3 aliphatic rings. The van der Waals surface area contributed by atoms with E-state index in [1.807, 2.05) is 22.9 Å². The van der Waals surface area contributed by atoms with Gasteiger partial charge in [-0.05, 0) is 61.2 Å². The number of aromatic hydroxyl groups is 1. The number of aliphatic hydroxyl groups is 1. The number of aliphatic hydroxyl groups excluding tert-OH is 1. The zero-order valence-corrected chi connectivity index (χ0v) is 25.7. The lowest BCUT2D eigenvalue weighted by atomic mass is 9.95. The lowest BCUT2D eigenvalue weighted by molar-refractivity contribution is -0.0365. The molecule has 1 aromatic heterocycles. The Morgan fingerprint density at radius 1 is 1.09 bits per heavy atom. The van der Waals surface area contributed by atoms with E-state index < -0.39 is 5.82 Å². The third-order valence-electron chi connectivity index (χ3n) is 9.27. The first-order chi connectivity index (χ1) is 22.6. The molecule has 46 heavy (non-hydrogen) atoms. The van der Waals surface area contributed by atoms with Crippen LogP contribution in [-0.2, 0) is 9.47 Å². The van der Waals surface area contributed by atoms with E-state index in [0.29, 0.717) is 60.9 Å². The van der Waals surface area contributed by atoms with Gasteiger partial charge in [0.25, 0.3) is 0 Å². The highest BCUT2D eigenvalue weighted by Crippen LogP contribution is 2.42. The van der Waals surface area contributed by atoms with E-state index in [0.717, 1.165) is 63.3 Å². The number of nitrogens with zero attached hydrogens (tertiary/aromatic N) is 4. The number of halogens is 1. The van der Waals surface area contributed by atoms with Crippen molar-refractivity contribution in [2.75, 3.05) is 64.1 Å². The average Bonchev–Trinajstić information content (AvgIpc) is 3.46. The standard InChI is InChI=1S/C35H39FN4O6/c36-28-5-3-6-31(43)34(28)26-19-27-30(17-24(26)21-42)40(33-7-1-2-14-46-33)37-35(27)23-8-9-29(32(18-23)45-15-4-13-41)39-11-10-38-12-16-44-22-25(38)20-39/h3,5-6,8-9,17-19,21,25,33,41,43H,1-2,4,7,10-16,20,22H2/t25-,33?/m1/s1. The molecule has 3 fully saturated rings. The van der Waals surface area contributed by atoms with Gasteiger partial charge < -0.3 is 29.3 Å². The maximum Gasteiger partial charge on any atom is 0.150 e. The molecule has 0 radical (unpaired) electrons. The molecule has 0 bridgehead atoms. The molecule has 2 atom stereocenters. The van der Waals surface area contributed by atoms with Gasteiger partial charge in [-0.25, -0.2) is 9.07 Å². The van der Waals surface area contributed by atoms with E-state index >= 15 is 4.39 Å². The van der Waals surface area contributed by atoms with Crippen molar-refractivity contribution in [3.63, 3.8) is 0 Å². The maximum atomic E-state index is 15.1. The highest BCUT2D eigenvalue weighted by molar-refractivity contribution is 6.02. The summed E-state index contributed by atoms with van der Waals surface area (Å²) in [6, 6.07) is 13.9. The van der Waals surface area contributed by atoms with Gasteiger partial charge in [0, 0.05) is 62.3 Å². The average molecular weight is 631 g/mol. The first-order valence-electron chi connectivity index (χ1n) is 16.1. The summed E-state index contributed by atoms with van der Waals surface area (Å²) in [6.07, 6.45) is 3.59. The van der Waals surface area contributed by atoms with Crippen molar-refractivity contribution in [2.45, 2.75) is 38.0 Å². The van der Waals surface area contributed by atoms with E-state index in [1.54, 1.807) is 12.1 Å². The highest BCUT2D eigenvalue weighted by atomic mass is 19.1. The molecule has 0 amide bonds. The number of ether oxygens (including phenoxy) is 3. The lowest BCUT2D eigenvalue weighted by Crippen LogP contribution is -2.58. The zero-order valence-electron chi connectivity index (χ0n) is 25.7. The summed E-state index contributed by atoms with van der Waals surface area (Å²) < 4.78 is 35.1. The number of hydrogen-bond donors (Lipinski definition) is 2. The van der Waals surface area contributed by atoms with Crippen LogP contribution in [0.25, 0.3) is 33.3 Å². The number of anilines is 1. The van der Waals surface area contributed by atoms with Crippen molar-refractivity contribution in [1.82, 2.24) is 14.7 Å². The van der Waals surface area contributed by atoms with Crippen LogP contribution in [0.5, 0.6) is 11.5 Å². The van der Waals surface area contributed by atoms with Gasteiger partial charge in [-0.1, -0.05) is 12.1 Å². The van der Waals surface area contributed by atoms with Crippen molar-refractivity contribution in [1.29, 1.82) is 0 Å². The molecule has 242 valence electrons. The minimum absolute atomic E-state index is 0.0221. The molecule has 3 aliphatic heterocycles. The lowest BCUT2D eigenvalue weighted by Gasteiger charge is -2.44. The van der Waals surface area contributed by atoms with Crippen LogP contribution in [-0.4, -0.2) is 96.4 Å². The number of piperazine rings is 1. The number of fused-ring (bicyclic) bond motifs is 2. The number of hydrogen-bond acceptors (Lipinski definition) is 9. The fraction of sp³-hybridized carbons (Fsp3) is 0.429. The van der Waals surface area contributed by atoms with E-state index in [4.69, 9.17) is 19.3 Å². The van der Waals surface area contributed by atoms with E-state index in [9.17, 15) is 15.0 Å². The van der Waals surface area contributed by atoms with Gasteiger partial charge in [0.2, 0.25) is 0 Å². The van der Waals surface area contributed by atoms with Crippen molar-refractivity contribution in [3.05, 3.63) is 59.9 Å². The molecule has 0 aliphatic carbocycles. The Bertz CT molecular complexity index is 1700. The zero-order chi connectivity index (χ0) is 31.6. The molecule has 7 rings (SSSR count). The van der Waals surface area contributed by atoms with Gasteiger partial charge in [-0.2, -0.15) is 5.10 Å². The Hall–Kier alpha value is -4.03. The molecule has 0 saturated carbocycles. The smallest absolute Gasteiger partial charge is 0.150 e. The Labute approximate surface area is 266 Å². The largest absolute Gasteiger partial charge is 0.507 e. The van der Waals surface area contributed by atoms with Crippen molar-refractivity contribution < 1.29 is 33.6 Å². The second kappa shape index (κ2) is 13.4. The second-order valence-corrected chi connectivity index (χ2v) is 12.1. The van der Waals surface area contributed by atoms with Gasteiger partial charge >= 0.3 is 0 Å². The van der Waals surface area contributed by atoms with E-state index in [2.05, 4.69) is 9.80 Å². The van der Waals surface area contributed by atoms with Gasteiger partial charge in [0.15, 0.2) is 12.5 Å². The van der Waals surface area contributed by atoms with Crippen molar-refractivity contribution in [3.8, 4) is 33.9 Å². The molecule has 10 nitrogen and oxygen atoms in total. The molecule has 4 heterocycles. The Balaban J connectivity index is 1.36. The predicted octanol–water partition coefficient (Wildman–Crippen LogP) is 5.01. The van der Waals surface area contributed by atoms with Crippen LogP contribution in [0.15, 0.2) is 48.5 Å². The number of aldehydes is 1. The van der Waals surface area contributed by atoms with Gasteiger partial charge in [0.1, 0.15) is 23.0 Å². The Morgan fingerprint density at radius 2 is 2.00 bits per heavy atom. The summed E-state index contributed by atoms with van der Waals surface area (Å²) in [5.41, 5.74) is 3.55. The molecule has 1 unspecified atom stereocenters. The molecule has 3 saturated heterocycles. The summed E-state index contributed by atoms with van der Waals surface area (Å²) in [7, 11) is 0. The van der Waals surface area contributed by atoms with Crippen molar-refractivity contribution in [2.24, 2.45) is 0 Å². The second-order valence-electron chi connectivity index (χ2n) is 12.1. The molecule has 3 aromatic carbocycles. The quantitative estimate of drug-likeness (QED) is 0.195. The first-order valence-corrected chi connectivity index (χ1v) is 16.1. The summed E-state index contributed by atoms with van der Waals surface area (Å²) >= 11 is 0. The van der Waals surface area contributed by atoms with Crippen LogP contribution in [0, 0.1) is 5.82 Å². The fourth-order valence-electron chi connectivity index (χ4n) is 6.89. The molecular weight excluding hydrogens is 591 g/mol. The molecule has 0 spiro atoms. The van der Waals surface area contributed by atoms with Crippen molar-refractivity contribution >= 4 is 22.9 Å². The summed E-state index contributed by atoms with van der Waals surface area (Å²) in [5.74, 6) is -0.192. The van der Waals surface area contributed by atoms with Gasteiger partial charge in [-0.15, -0.1) is 0 Å². The Kier molecular flexibility index (Phi) is 8.90. The van der Waals surface area contributed by atoms with Crippen LogP contribution in [0.1, 0.15) is 42.3 Å². The van der Waals surface area contributed by atoms with Gasteiger partial charge in [-0.3, -0.25) is 9.69 Å². The fourth-order valence-corrected chi connectivity index (χ4v) is 6.89. The van der Waals surface area contributed by atoms with Crippen LogP contribution in [0.2, 0.25) is 0 Å².